The van der Waals surface area contributed by atoms with Crippen LogP contribution in [0.4, 0.5) is 5.69 Å². The van der Waals surface area contributed by atoms with Crippen LogP contribution in [0.1, 0.15) is 18.7 Å². The molecule has 0 radical (unpaired) electrons. The van der Waals surface area contributed by atoms with Crippen molar-refractivity contribution < 1.29 is 4.52 Å². The average molecular weight is 272 g/mol. The van der Waals surface area contributed by atoms with Gasteiger partial charge in [-0.2, -0.15) is 4.98 Å². The normalized spacial score (nSPS) is 15.7. The van der Waals surface area contributed by atoms with Crippen LogP contribution in [0.25, 0.3) is 11.4 Å². The SMILES string of the molecule is Cc1nc(-c2ccccc2NCCN2CCCC2)no1. The van der Waals surface area contributed by atoms with Crippen molar-refractivity contribution in [3.63, 3.8) is 0 Å². The molecule has 2 aromatic rings. The van der Waals surface area contributed by atoms with E-state index in [0.717, 1.165) is 24.3 Å². The van der Waals surface area contributed by atoms with Gasteiger partial charge in [0.2, 0.25) is 11.7 Å². The van der Waals surface area contributed by atoms with Crippen LogP contribution in [0, 0.1) is 6.92 Å². The molecular formula is C15H20N4O. The van der Waals surface area contributed by atoms with Crippen LogP contribution in [0.2, 0.25) is 0 Å². The van der Waals surface area contributed by atoms with E-state index in [9.17, 15) is 0 Å². The molecule has 2 heterocycles. The molecule has 1 fully saturated rings. The summed E-state index contributed by atoms with van der Waals surface area (Å²) < 4.78 is 5.06. The van der Waals surface area contributed by atoms with E-state index in [2.05, 4.69) is 26.4 Å². The van der Waals surface area contributed by atoms with E-state index in [1.165, 1.54) is 25.9 Å². The molecule has 0 spiro atoms. The number of nitrogens with zero attached hydrogens (tertiary/aromatic N) is 3. The Hall–Kier alpha value is -1.88. The Morgan fingerprint density at radius 2 is 2.05 bits per heavy atom. The molecule has 1 saturated heterocycles. The summed E-state index contributed by atoms with van der Waals surface area (Å²) in [5, 5.41) is 7.48. The Balaban J connectivity index is 1.66. The van der Waals surface area contributed by atoms with Gasteiger partial charge in [-0.05, 0) is 38.1 Å². The number of rotatable bonds is 5. The van der Waals surface area contributed by atoms with E-state index in [0.29, 0.717) is 11.7 Å². The number of aromatic nitrogens is 2. The topological polar surface area (TPSA) is 54.2 Å². The molecule has 0 atom stereocenters. The van der Waals surface area contributed by atoms with Gasteiger partial charge in [0.15, 0.2) is 0 Å². The van der Waals surface area contributed by atoms with E-state index in [1.54, 1.807) is 6.92 Å². The molecule has 0 saturated carbocycles. The standard InChI is InChI=1S/C15H20N4O/c1-12-17-15(18-20-12)13-6-2-3-7-14(13)16-8-11-19-9-4-5-10-19/h2-3,6-7,16H,4-5,8-11H2,1H3. The zero-order chi connectivity index (χ0) is 13.8. The summed E-state index contributed by atoms with van der Waals surface area (Å²) in [5.74, 6) is 1.23. The number of anilines is 1. The first-order valence-electron chi connectivity index (χ1n) is 7.19. The maximum absolute atomic E-state index is 5.06. The summed E-state index contributed by atoms with van der Waals surface area (Å²) in [4.78, 5) is 6.79. The van der Waals surface area contributed by atoms with Gasteiger partial charge in [0.25, 0.3) is 0 Å². The maximum atomic E-state index is 5.06. The molecule has 106 valence electrons. The second kappa shape index (κ2) is 6.05. The van der Waals surface area contributed by atoms with Crippen molar-refractivity contribution in [2.75, 3.05) is 31.5 Å². The van der Waals surface area contributed by atoms with Gasteiger partial charge in [0.05, 0.1) is 0 Å². The fraction of sp³-hybridized carbons (Fsp3) is 0.467. The van der Waals surface area contributed by atoms with E-state index in [4.69, 9.17) is 4.52 Å². The molecule has 0 amide bonds. The van der Waals surface area contributed by atoms with Crippen molar-refractivity contribution in [3.8, 4) is 11.4 Å². The summed E-state index contributed by atoms with van der Waals surface area (Å²) >= 11 is 0. The van der Waals surface area contributed by atoms with Gasteiger partial charge in [-0.1, -0.05) is 17.3 Å². The number of likely N-dealkylation sites (tertiary alicyclic amines) is 1. The minimum Gasteiger partial charge on any atom is -0.383 e. The largest absolute Gasteiger partial charge is 0.383 e. The molecule has 3 rings (SSSR count). The summed E-state index contributed by atoms with van der Waals surface area (Å²) in [6.45, 7) is 6.29. The first-order chi connectivity index (χ1) is 9.83. The van der Waals surface area contributed by atoms with Gasteiger partial charge >= 0.3 is 0 Å². The van der Waals surface area contributed by atoms with Gasteiger partial charge < -0.3 is 14.7 Å². The lowest BCUT2D eigenvalue weighted by Gasteiger charge is -2.16. The molecule has 1 aromatic heterocycles. The Bertz CT molecular complexity index is 561. The molecule has 0 bridgehead atoms. The zero-order valence-corrected chi connectivity index (χ0v) is 11.8. The third kappa shape index (κ3) is 2.99. The molecule has 20 heavy (non-hydrogen) atoms. The molecule has 5 heteroatoms. The van der Waals surface area contributed by atoms with Crippen molar-refractivity contribution in [3.05, 3.63) is 30.2 Å². The Labute approximate surface area is 119 Å². The van der Waals surface area contributed by atoms with E-state index in [1.807, 2.05) is 18.2 Å². The minimum atomic E-state index is 0.590. The van der Waals surface area contributed by atoms with E-state index >= 15 is 0 Å². The third-order valence-corrected chi connectivity index (χ3v) is 3.64. The predicted octanol–water partition coefficient (Wildman–Crippen LogP) is 2.55. The van der Waals surface area contributed by atoms with Crippen molar-refractivity contribution in [1.29, 1.82) is 0 Å². The van der Waals surface area contributed by atoms with Gasteiger partial charge in [-0.25, -0.2) is 0 Å². The monoisotopic (exact) mass is 272 g/mol. The smallest absolute Gasteiger partial charge is 0.223 e. The van der Waals surface area contributed by atoms with Crippen molar-refractivity contribution >= 4 is 5.69 Å². The van der Waals surface area contributed by atoms with Crippen LogP contribution < -0.4 is 5.32 Å². The highest BCUT2D eigenvalue weighted by Crippen LogP contribution is 2.25. The quantitative estimate of drug-likeness (QED) is 0.906. The highest BCUT2D eigenvalue weighted by Gasteiger charge is 2.12. The predicted molar refractivity (Wildman–Crippen MR) is 78.6 cm³/mol. The summed E-state index contributed by atoms with van der Waals surface area (Å²) in [7, 11) is 0. The van der Waals surface area contributed by atoms with Crippen LogP contribution >= 0.6 is 0 Å². The zero-order valence-electron chi connectivity index (χ0n) is 11.8. The number of aryl methyl sites for hydroxylation is 1. The lowest BCUT2D eigenvalue weighted by Crippen LogP contribution is -2.26. The van der Waals surface area contributed by atoms with E-state index < -0.39 is 0 Å². The van der Waals surface area contributed by atoms with Gasteiger partial charge in [-0.15, -0.1) is 0 Å². The number of nitrogens with one attached hydrogen (secondary N) is 1. The van der Waals surface area contributed by atoms with Crippen molar-refractivity contribution in [1.82, 2.24) is 15.0 Å². The van der Waals surface area contributed by atoms with Crippen molar-refractivity contribution in [2.24, 2.45) is 0 Å². The Morgan fingerprint density at radius 3 is 2.80 bits per heavy atom. The van der Waals surface area contributed by atoms with Crippen molar-refractivity contribution in [2.45, 2.75) is 19.8 Å². The fourth-order valence-electron chi connectivity index (χ4n) is 2.60. The van der Waals surface area contributed by atoms with Crippen LogP contribution in [0.3, 0.4) is 0 Å². The molecule has 1 N–H and O–H groups in total. The minimum absolute atomic E-state index is 0.590. The highest BCUT2D eigenvalue weighted by atomic mass is 16.5. The Morgan fingerprint density at radius 1 is 1.25 bits per heavy atom. The molecular weight excluding hydrogens is 252 g/mol. The second-order valence-electron chi connectivity index (χ2n) is 5.16. The maximum Gasteiger partial charge on any atom is 0.223 e. The van der Waals surface area contributed by atoms with Gasteiger partial charge in [0.1, 0.15) is 0 Å². The molecule has 1 aliphatic heterocycles. The first kappa shape index (κ1) is 13.1. The van der Waals surface area contributed by atoms with Gasteiger partial charge in [0, 0.05) is 31.3 Å². The molecule has 1 aliphatic rings. The summed E-state index contributed by atoms with van der Waals surface area (Å²) in [5.41, 5.74) is 2.05. The number of hydrogen-bond donors (Lipinski definition) is 1. The Kier molecular flexibility index (Phi) is 3.97. The number of para-hydroxylation sites is 1. The average Bonchev–Trinajstić information content (AvgIpc) is 3.11. The third-order valence-electron chi connectivity index (χ3n) is 3.64. The lowest BCUT2D eigenvalue weighted by molar-refractivity contribution is 0.353. The first-order valence-corrected chi connectivity index (χ1v) is 7.19. The number of benzene rings is 1. The molecule has 0 unspecified atom stereocenters. The van der Waals surface area contributed by atoms with Crippen LogP contribution in [-0.2, 0) is 0 Å². The van der Waals surface area contributed by atoms with Crippen LogP contribution in [0.15, 0.2) is 28.8 Å². The van der Waals surface area contributed by atoms with Crippen LogP contribution in [0.5, 0.6) is 0 Å². The molecule has 0 aliphatic carbocycles. The highest BCUT2D eigenvalue weighted by molar-refractivity contribution is 5.73. The molecule has 5 nitrogen and oxygen atoms in total. The van der Waals surface area contributed by atoms with E-state index in [-0.39, 0.29) is 0 Å². The second-order valence-corrected chi connectivity index (χ2v) is 5.16. The number of hydrogen-bond acceptors (Lipinski definition) is 5. The summed E-state index contributed by atoms with van der Waals surface area (Å²) in [6.07, 6.45) is 2.66. The van der Waals surface area contributed by atoms with Crippen LogP contribution in [-0.4, -0.2) is 41.2 Å². The fourth-order valence-corrected chi connectivity index (χ4v) is 2.60. The lowest BCUT2D eigenvalue weighted by atomic mass is 10.1. The van der Waals surface area contributed by atoms with Gasteiger partial charge in [-0.3, -0.25) is 0 Å². The summed E-state index contributed by atoms with van der Waals surface area (Å²) in [6, 6.07) is 8.09. The molecule has 1 aromatic carbocycles.